The molecule has 0 aliphatic rings. The van der Waals surface area contributed by atoms with Gasteiger partial charge in [-0.3, -0.25) is 0 Å². The molecular weight excluding hydrogens is 427 g/mol. The van der Waals surface area contributed by atoms with Crippen LogP contribution in [-0.4, -0.2) is 4.86 Å². The molecule has 116 valence electrons. The highest BCUT2D eigenvalue weighted by molar-refractivity contribution is 14.1. The standard InChI is InChI=1S/C16H11F4IS/c1-9-5-6-12(14(17)15(9)21)13(22)8-10-3-2-4-11(7-10)16(18,19)20/h2-7H,8H2,1H3. The van der Waals surface area contributed by atoms with Crippen molar-refractivity contribution in [2.75, 3.05) is 0 Å². The van der Waals surface area contributed by atoms with Crippen molar-refractivity contribution in [2.24, 2.45) is 0 Å². The zero-order valence-corrected chi connectivity index (χ0v) is 14.4. The van der Waals surface area contributed by atoms with Gasteiger partial charge in [-0.05, 0) is 46.7 Å². The first-order valence-electron chi connectivity index (χ1n) is 6.34. The Bertz CT molecular complexity index is 723. The highest BCUT2D eigenvalue weighted by Crippen LogP contribution is 2.30. The van der Waals surface area contributed by atoms with E-state index in [2.05, 4.69) is 0 Å². The van der Waals surface area contributed by atoms with E-state index < -0.39 is 17.6 Å². The molecule has 0 unspecified atom stereocenters. The Morgan fingerprint density at radius 1 is 1.18 bits per heavy atom. The SMILES string of the molecule is Cc1ccc(C(=S)Cc2cccc(C(F)(F)F)c2)c(F)c1I. The highest BCUT2D eigenvalue weighted by atomic mass is 127. The van der Waals surface area contributed by atoms with Gasteiger partial charge in [-0.15, -0.1) is 0 Å². The Balaban J connectivity index is 2.28. The van der Waals surface area contributed by atoms with Gasteiger partial charge in [0, 0.05) is 16.8 Å². The molecular formula is C16H11F4IS. The monoisotopic (exact) mass is 438 g/mol. The van der Waals surface area contributed by atoms with Crippen LogP contribution in [0.4, 0.5) is 17.6 Å². The van der Waals surface area contributed by atoms with Crippen molar-refractivity contribution in [3.63, 3.8) is 0 Å². The number of hydrogen-bond acceptors (Lipinski definition) is 1. The van der Waals surface area contributed by atoms with E-state index in [1.165, 1.54) is 6.07 Å². The quantitative estimate of drug-likeness (QED) is 0.256. The fraction of sp³-hybridized carbons (Fsp3) is 0.188. The smallest absolute Gasteiger partial charge is 0.205 e. The van der Waals surface area contributed by atoms with Gasteiger partial charge in [0.15, 0.2) is 0 Å². The van der Waals surface area contributed by atoms with Crippen LogP contribution in [-0.2, 0) is 12.6 Å². The van der Waals surface area contributed by atoms with E-state index >= 15 is 0 Å². The van der Waals surface area contributed by atoms with Crippen LogP contribution in [0.5, 0.6) is 0 Å². The summed E-state index contributed by atoms with van der Waals surface area (Å²) in [5, 5.41) is 0. The van der Waals surface area contributed by atoms with Crippen molar-refractivity contribution in [3.8, 4) is 0 Å². The minimum absolute atomic E-state index is 0.0926. The fourth-order valence-corrected chi connectivity index (χ4v) is 2.79. The van der Waals surface area contributed by atoms with Crippen LogP contribution in [0.2, 0.25) is 0 Å². The first-order chi connectivity index (χ1) is 10.2. The summed E-state index contributed by atoms with van der Waals surface area (Å²) in [6.07, 6.45) is -4.31. The maximum atomic E-state index is 14.2. The lowest BCUT2D eigenvalue weighted by Crippen LogP contribution is -2.09. The van der Waals surface area contributed by atoms with E-state index in [0.717, 1.165) is 17.7 Å². The van der Waals surface area contributed by atoms with Crippen molar-refractivity contribution in [2.45, 2.75) is 19.5 Å². The largest absolute Gasteiger partial charge is 0.416 e. The van der Waals surface area contributed by atoms with E-state index in [1.54, 1.807) is 25.1 Å². The summed E-state index contributed by atoms with van der Waals surface area (Å²) < 4.78 is 52.8. The van der Waals surface area contributed by atoms with Crippen molar-refractivity contribution >= 4 is 39.7 Å². The summed E-state index contributed by atoms with van der Waals surface area (Å²) in [4.78, 5) is 0.287. The normalized spacial score (nSPS) is 11.5. The predicted octanol–water partition coefficient (Wildman–Crippen LogP) is 5.72. The molecule has 0 aromatic heterocycles. The molecule has 0 amide bonds. The lowest BCUT2D eigenvalue weighted by molar-refractivity contribution is -0.137. The third kappa shape index (κ3) is 3.84. The molecule has 2 aromatic rings. The number of thiocarbonyl (C=S) groups is 1. The van der Waals surface area contributed by atoms with Crippen molar-refractivity contribution in [3.05, 3.63) is 68.0 Å². The maximum absolute atomic E-state index is 14.2. The van der Waals surface area contributed by atoms with Gasteiger partial charge in [-0.1, -0.05) is 42.5 Å². The van der Waals surface area contributed by atoms with Gasteiger partial charge in [-0.25, -0.2) is 4.39 Å². The molecule has 0 saturated carbocycles. The zero-order valence-electron chi connectivity index (χ0n) is 11.5. The lowest BCUT2D eigenvalue weighted by Gasteiger charge is -2.11. The fourth-order valence-electron chi connectivity index (χ4n) is 2.00. The number of benzene rings is 2. The van der Waals surface area contributed by atoms with Crippen LogP contribution >= 0.6 is 34.8 Å². The van der Waals surface area contributed by atoms with Crippen LogP contribution in [0.1, 0.15) is 22.3 Å². The molecule has 0 bridgehead atoms. The Kier molecular flexibility index (Phi) is 5.21. The average Bonchev–Trinajstić information content (AvgIpc) is 2.44. The Morgan fingerprint density at radius 2 is 1.86 bits per heavy atom. The molecule has 22 heavy (non-hydrogen) atoms. The van der Waals surface area contributed by atoms with Crippen LogP contribution in [0, 0.1) is 16.3 Å². The second kappa shape index (κ2) is 6.62. The molecule has 0 spiro atoms. The minimum Gasteiger partial charge on any atom is -0.205 e. The third-order valence-electron chi connectivity index (χ3n) is 3.19. The topological polar surface area (TPSA) is 0 Å². The van der Waals surface area contributed by atoms with Crippen molar-refractivity contribution < 1.29 is 17.6 Å². The molecule has 0 atom stereocenters. The minimum atomic E-state index is -4.40. The summed E-state index contributed by atoms with van der Waals surface area (Å²) in [6, 6.07) is 8.25. The van der Waals surface area contributed by atoms with E-state index in [9.17, 15) is 17.6 Å². The van der Waals surface area contributed by atoms with Gasteiger partial charge in [0.1, 0.15) is 5.82 Å². The van der Waals surface area contributed by atoms with Gasteiger partial charge in [0.2, 0.25) is 0 Å². The van der Waals surface area contributed by atoms with Crippen molar-refractivity contribution in [1.29, 1.82) is 0 Å². The summed E-state index contributed by atoms with van der Waals surface area (Å²) in [5.41, 5.74) is 0.743. The first kappa shape index (κ1) is 17.3. The Labute approximate surface area is 144 Å². The number of hydrogen-bond donors (Lipinski definition) is 0. The first-order valence-corrected chi connectivity index (χ1v) is 7.83. The van der Waals surface area contributed by atoms with Crippen LogP contribution in [0.3, 0.4) is 0 Å². The van der Waals surface area contributed by atoms with Crippen LogP contribution in [0.15, 0.2) is 36.4 Å². The summed E-state index contributed by atoms with van der Waals surface area (Å²) in [5.74, 6) is -0.419. The zero-order chi connectivity index (χ0) is 16.5. The molecule has 0 nitrogen and oxygen atoms in total. The molecule has 0 heterocycles. The molecule has 2 rings (SSSR count). The molecule has 0 radical (unpaired) electrons. The summed E-state index contributed by atoms with van der Waals surface area (Å²) in [6.45, 7) is 1.78. The van der Waals surface area contributed by atoms with E-state index in [0.29, 0.717) is 9.13 Å². The molecule has 0 saturated heterocycles. The Morgan fingerprint density at radius 3 is 2.50 bits per heavy atom. The van der Waals surface area contributed by atoms with Crippen LogP contribution < -0.4 is 0 Å². The van der Waals surface area contributed by atoms with Crippen molar-refractivity contribution in [1.82, 2.24) is 0 Å². The average molecular weight is 438 g/mol. The van der Waals surface area contributed by atoms with Gasteiger partial charge in [0.05, 0.1) is 9.13 Å². The van der Waals surface area contributed by atoms with E-state index in [-0.39, 0.29) is 16.8 Å². The summed E-state index contributed by atoms with van der Waals surface area (Å²) >= 11 is 7.10. The second-order valence-electron chi connectivity index (χ2n) is 4.86. The molecule has 0 fully saturated rings. The molecule has 2 aromatic carbocycles. The number of rotatable bonds is 3. The van der Waals surface area contributed by atoms with Gasteiger partial charge in [-0.2, -0.15) is 13.2 Å². The molecule has 0 N–H and O–H groups in total. The number of aryl methyl sites for hydroxylation is 1. The number of halogens is 5. The maximum Gasteiger partial charge on any atom is 0.416 e. The highest BCUT2D eigenvalue weighted by Gasteiger charge is 2.30. The summed E-state index contributed by atoms with van der Waals surface area (Å²) in [7, 11) is 0. The van der Waals surface area contributed by atoms with E-state index in [1.807, 2.05) is 22.6 Å². The third-order valence-corrected chi connectivity index (χ3v) is 4.88. The number of alkyl halides is 3. The predicted molar refractivity (Wildman–Crippen MR) is 90.7 cm³/mol. The van der Waals surface area contributed by atoms with E-state index in [4.69, 9.17) is 12.2 Å². The van der Waals surface area contributed by atoms with Gasteiger partial charge in [0.25, 0.3) is 0 Å². The van der Waals surface area contributed by atoms with Gasteiger partial charge >= 0.3 is 6.18 Å². The van der Waals surface area contributed by atoms with Crippen LogP contribution in [0.25, 0.3) is 0 Å². The molecule has 0 aliphatic carbocycles. The van der Waals surface area contributed by atoms with Gasteiger partial charge < -0.3 is 0 Å². The Hall–Kier alpha value is -1.02. The second-order valence-corrected chi connectivity index (χ2v) is 6.43. The lowest BCUT2D eigenvalue weighted by atomic mass is 10.0. The molecule has 0 aliphatic heterocycles. The molecule has 6 heteroatoms.